The molecule has 0 spiro atoms. The molecule has 0 saturated heterocycles. The normalized spacial score (nSPS) is 12.4. The predicted octanol–water partition coefficient (Wildman–Crippen LogP) is 5.03. The summed E-state index contributed by atoms with van der Waals surface area (Å²) in [6.45, 7) is 3.17. The molecule has 3 heteroatoms. The van der Waals surface area contributed by atoms with Crippen LogP contribution in [0.25, 0.3) is 0 Å². The molecular formula is C16H17ClIN. The summed E-state index contributed by atoms with van der Waals surface area (Å²) >= 11 is 8.51. The maximum Gasteiger partial charge on any atom is 0.0587 e. The lowest BCUT2D eigenvalue weighted by Gasteiger charge is -2.21. The highest BCUT2D eigenvalue weighted by molar-refractivity contribution is 14.1. The minimum absolute atomic E-state index is 0.201. The molecule has 0 bridgehead atoms. The second-order valence-corrected chi connectivity index (χ2v) is 6.06. The van der Waals surface area contributed by atoms with Crippen molar-refractivity contribution in [2.24, 2.45) is 0 Å². The van der Waals surface area contributed by atoms with Gasteiger partial charge in [-0.2, -0.15) is 0 Å². The smallest absolute Gasteiger partial charge is 0.0587 e. The predicted molar refractivity (Wildman–Crippen MR) is 90.7 cm³/mol. The minimum Gasteiger partial charge on any atom is -0.306 e. The van der Waals surface area contributed by atoms with Crippen LogP contribution in [0.4, 0.5) is 0 Å². The molecule has 2 aromatic carbocycles. The average molecular weight is 386 g/mol. The van der Waals surface area contributed by atoms with Gasteiger partial charge in [-0.05, 0) is 64.9 Å². The van der Waals surface area contributed by atoms with Crippen molar-refractivity contribution in [3.63, 3.8) is 0 Å². The van der Waals surface area contributed by atoms with Crippen LogP contribution in [-0.2, 0) is 0 Å². The lowest BCUT2D eigenvalue weighted by Crippen LogP contribution is -2.23. The summed E-state index contributed by atoms with van der Waals surface area (Å²) in [6, 6.07) is 16.8. The molecule has 0 heterocycles. The van der Waals surface area contributed by atoms with Crippen molar-refractivity contribution in [1.29, 1.82) is 0 Å². The fourth-order valence-electron chi connectivity index (χ4n) is 2.09. The number of hydrogen-bond acceptors (Lipinski definition) is 1. The standard InChI is InChI=1S/C16H17ClIN/c1-2-10-19-16(12-6-5-7-13(17)11-12)14-8-3-4-9-15(14)18/h3-9,11,16,19H,2,10H2,1H3. The molecule has 0 aliphatic heterocycles. The van der Waals surface area contributed by atoms with Gasteiger partial charge in [-0.1, -0.05) is 48.9 Å². The number of hydrogen-bond donors (Lipinski definition) is 1. The van der Waals surface area contributed by atoms with Crippen LogP contribution >= 0.6 is 34.2 Å². The second kappa shape index (κ2) is 7.27. The molecule has 0 amide bonds. The molecule has 1 atom stereocenters. The van der Waals surface area contributed by atoms with Gasteiger partial charge in [-0.15, -0.1) is 0 Å². The maximum atomic E-state index is 6.12. The third-order valence-corrected chi connectivity index (χ3v) is 4.21. The third kappa shape index (κ3) is 3.94. The molecule has 0 aliphatic carbocycles. The molecular weight excluding hydrogens is 369 g/mol. The van der Waals surface area contributed by atoms with Gasteiger partial charge in [0.1, 0.15) is 0 Å². The molecule has 0 saturated carbocycles. The van der Waals surface area contributed by atoms with E-state index in [2.05, 4.69) is 65.2 Å². The summed E-state index contributed by atoms with van der Waals surface area (Å²) in [5.41, 5.74) is 2.52. The number of nitrogens with one attached hydrogen (secondary N) is 1. The summed E-state index contributed by atoms with van der Waals surface area (Å²) in [7, 11) is 0. The first-order valence-corrected chi connectivity index (χ1v) is 7.91. The van der Waals surface area contributed by atoms with Crippen LogP contribution in [0.1, 0.15) is 30.5 Å². The number of rotatable bonds is 5. The molecule has 1 unspecified atom stereocenters. The van der Waals surface area contributed by atoms with E-state index >= 15 is 0 Å². The first-order valence-electron chi connectivity index (χ1n) is 6.45. The maximum absolute atomic E-state index is 6.12. The van der Waals surface area contributed by atoms with Crippen molar-refractivity contribution in [3.05, 3.63) is 68.3 Å². The van der Waals surface area contributed by atoms with Gasteiger partial charge in [0.25, 0.3) is 0 Å². The van der Waals surface area contributed by atoms with E-state index in [0.717, 1.165) is 18.0 Å². The zero-order valence-corrected chi connectivity index (χ0v) is 13.8. The van der Waals surface area contributed by atoms with Crippen molar-refractivity contribution in [2.75, 3.05) is 6.54 Å². The van der Waals surface area contributed by atoms with E-state index in [1.807, 2.05) is 18.2 Å². The van der Waals surface area contributed by atoms with Crippen molar-refractivity contribution in [3.8, 4) is 0 Å². The van der Waals surface area contributed by atoms with Crippen LogP contribution in [0.3, 0.4) is 0 Å². The highest BCUT2D eigenvalue weighted by atomic mass is 127. The second-order valence-electron chi connectivity index (χ2n) is 4.46. The Hall–Kier alpha value is -0.580. The van der Waals surface area contributed by atoms with Gasteiger partial charge in [-0.3, -0.25) is 0 Å². The van der Waals surface area contributed by atoms with Crippen LogP contribution in [0, 0.1) is 3.57 Å². The summed E-state index contributed by atoms with van der Waals surface area (Å²) in [5.74, 6) is 0. The monoisotopic (exact) mass is 385 g/mol. The zero-order valence-electron chi connectivity index (χ0n) is 10.9. The van der Waals surface area contributed by atoms with E-state index in [-0.39, 0.29) is 6.04 Å². The SMILES string of the molecule is CCCNC(c1cccc(Cl)c1)c1ccccc1I. The van der Waals surface area contributed by atoms with E-state index in [0.29, 0.717) is 0 Å². The van der Waals surface area contributed by atoms with Crippen LogP contribution in [-0.4, -0.2) is 6.54 Å². The lowest BCUT2D eigenvalue weighted by atomic mass is 9.98. The van der Waals surface area contributed by atoms with Gasteiger partial charge < -0.3 is 5.32 Å². The molecule has 2 aromatic rings. The summed E-state index contributed by atoms with van der Waals surface area (Å²) in [4.78, 5) is 0. The van der Waals surface area contributed by atoms with Gasteiger partial charge in [0.15, 0.2) is 0 Å². The highest BCUT2D eigenvalue weighted by Crippen LogP contribution is 2.27. The highest BCUT2D eigenvalue weighted by Gasteiger charge is 2.15. The van der Waals surface area contributed by atoms with Crippen LogP contribution in [0.5, 0.6) is 0 Å². The fraction of sp³-hybridized carbons (Fsp3) is 0.250. The molecule has 0 radical (unpaired) electrons. The quantitative estimate of drug-likeness (QED) is 0.712. The average Bonchev–Trinajstić information content (AvgIpc) is 2.41. The number of halogens is 2. The largest absolute Gasteiger partial charge is 0.306 e. The van der Waals surface area contributed by atoms with Crippen molar-refractivity contribution in [2.45, 2.75) is 19.4 Å². The molecule has 1 N–H and O–H groups in total. The first-order chi connectivity index (χ1) is 9.22. The Balaban J connectivity index is 2.38. The Bertz CT molecular complexity index is 542. The van der Waals surface area contributed by atoms with E-state index < -0.39 is 0 Å². The minimum atomic E-state index is 0.201. The van der Waals surface area contributed by atoms with E-state index in [1.165, 1.54) is 14.7 Å². The van der Waals surface area contributed by atoms with Gasteiger partial charge in [0, 0.05) is 8.59 Å². The Kier molecular flexibility index (Phi) is 5.67. The van der Waals surface area contributed by atoms with Crippen molar-refractivity contribution >= 4 is 34.2 Å². The molecule has 0 fully saturated rings. The molecule has 0 aromatic heterocycles. The topological polar surface area (TPSA) is 12.0 Å². The Morgan fingerprint density at radius 2 is 1.95 bits per heavy atom. The van der Waals surface area contributed by atoms with Gasteiger partial charge >= 0.3 is 0 Å². The fourth-order valence-corrected chi connectivity index (χ4v) is 2.99. The van der Waals surface area contributed by atoms with Crippen LogP contribution < -0.4 is 5.32 Å². The molecule has 100 valence electrons. The first kappa shape index (κ1) is 14.8. The van der Waals surface area contributed by atoms with E-state index in [1.54, 1.807) is 0 Å². The molecule has 19 heavy (non-hydrogen) atoms. The lowest BCUT2D eigenvalue weighted by molar-refractivity contribution is 0.597. The van der Waals surface area contributed by atoms with Crippen molar-refractivity contribution < 1.29 is 0 Å². The third-order valence-electron chi connectivity index (χ3n) is 3.00. The van der Waals surface area contributed by atoms with Gasteiger partial charge in [-0.25, -0.2) is 0 Å². The summed E-state index contributed by atoms with van der Waals surface area (Å²) < 4.78 is 1.27. The van der Waals surface area contributed by atoms with Crippen LogP contribution in [0.2, 0.25) is 5.02 Å². The number of benzene rings is 2. The van der Waals surface area contributed by atoms with E-state index in [4.69, 9.17) is 11.6 Å². The molecule has 0 aliphatic rings. The Morgan fingerprint density at radius 1 is 1.16 bits per heavy atom. The Morgan fingerprint density at radius 3 is 2.63 bits per heavy atom. The zero-order chi connectivity index (χ0) is 13.7. The van der Waals surface area contributed by atoms with Crippen molar-refractivity contribution in [1.82, 2.24) is 5.32 Å². The molecule has 1 nitrogen and oxygen atoms in total. The summed E-state index contributed by atoms with van der Waals surface area (Å²) in [6.07, 6.45) is 1.11. The van der Waals surface area contributed by atoms with E-state index in [9.17, 15) is 0 Å². The van der Waals surface area contributed by atoms with Gasteiger partial charge in [0.05, 0.1) is 6.04 Å². The van der Waals surface area contributed by atoms with Gasteiger partial charge in [0.2, 0.25) is 0 Å². The Labute approximate surface area is 133 Å². The summed E-state index contributed by atoms with van der Waals surface area (Å²) in [5, 5.41) is 4.39. The van der Waals surface area contributed by atoms with Crippen LogP contribution in [0.15, 0.2) is 48.5 Å². The molecule has 2 rings (SSSR count).